The Morgan fingerprint density at radius 2 is 1.75 bits per heavy atom. The molecule has 0 aromatic rings. The number of nitrogens with two attached hydrogens (primary N) is 1. The molecule has 1 rings (SSSR count). The lowest BCUT2D eigenvalue weighted by atomic mass is 10.2. The summed E-state index contributed by atoms with van der Waals surface area (Å²) in [5, 5.41) is 0. The first-order valence-electron chi connectivity index (χ1n) is 6.50. The molecule has 0 aromatic heterocycles. The molecule has 0 radical (unpaired) electrons. The molecular formula is C11H26ClN3O4S. The number of ether oxygens (including phenoxy) is 2. The molecule has 1 saturated carbocycles. The van der Waals surface area contributed by atoms with E-state index in [4.69, 9.17) is 15.2 Å². The lowest BCUT2D eigenvalue weighted by molar-refractivity contribution is 0.149. The third kappa shape index (κ3) is 6.66. The molecule has 1 atom stereocenters. The average molecular weight is 332 g/mol. The number of halogens is 1. The topological polar surface area (TPSA) is 93.9 Å². The molecule has 3 N–H and O–H groups in total. The highest BCUT2D eigenvalue weighted by Gasteiger charge is 2.34. The van der Waals surface area contributed by atoms with Crippen LogP contribution in [0.4, 0.5) is 0 Å². The monoisotopic (exact) mass is 331 g/mol. The van der Waals surface area contributed by atoms with Gasteiger partial charge in [-0.3, -0.25) is 0 Å². The van der Waals surface area contributed by atoms with Crippen molar-refractivity contribution in [2.45, 2.75) is 18.9 Å². The van der Waals surface area contributed by atoms with Crippen LogP contribution in [0.5, 0.6) is 0 Å². The molecule has 0 amide bonds. The second kappa shape index (κ2) is 9.88. The molecule has 9 heteroatoms. The molecule has 1 aliphatic rings. The molecular weight excluding hydrogens is 306 g/mol. The van der Waals surface area contributed by atoms with Gasteiger partial charge in [-0.1, -0.05) is 0 Å². The largest absolute Gasteiger partial charge is 0.383 e. The molecule has 0 aliphatic heterocycles. The first kappa shape index (κ1) is 20.0. The van der Waals surface area contributed by atoms with Crippen molar-refractivity contribution < 1.29 is 17.9 Å². The predicted molar refractivity (Wildman–Crippen MR) is 80.2 cm³/mol. The SMILES string of the molecule is COCCN(CCOC)S(=O)(=O)NC(CN)C1CC1.Cl. The lowest BCUT2D eigenvalue weighted by Crippen LogP contribution is -2.50. The van der Waals surface area contributed by atoms with E-state index in [1.54, 1.807) is 14.2 Å². The van der Waals surface area contributed by atoms with Crippen molar-refractivity contribution in [1.29, 1.82) is 0 Å². The van der Waals surface area contributed by atoms with Crippen molar-refractivity contribution in [3.8, 4) is 0 Å². The average Bonchev–Trinajstić information content (AvgIpc) is 3.20. The number of hydrogen-bond acceptors (Lipinski definition) is 5. The highest BCUT2D eigenvalue weighted by Crippen LogP contribution is 2.32. The van der Waals surface area contributed by atoms with Crippen molar-refractivity contribution in [2.75, 3.05) is 47.1 Å². The zero-order valence-electron chi connectivity index (χ0n) is 12.1. The second-order valence-corrected chi connectivity index (χ2v) is 6.39. The van der Waals surface area contributed by atoms with Gasteiger partial charge in [0.2, 0.25) is 0 Å². The third-order valence-electron chi connectivity index (χ3n) is 3.17. The molecule has 1 fully saturated rings. The van der Waals surface area contributed by atoms with Crippen LogP contribution in [-0.2, 0) is 19.7 Å². The maximum Gasteiger partial charge on any atom is 0.279 e. The van der Waals surface area contributed by atoms with E-state index in [2.05, 4.69) is 4.72 Å². The Morgan fingerprint density at radius 1 is 1.25 bits per heavy atom. The van der Waals surface area contributed by atoms with E-state index < -0.39 is 10.2 Å². The molecule has 0 aromatic carbocycles. The molecule has 0 heterocycles. The van der Waals surface area contributed by atoms with E-state index >= 15 is 0 Å². The van der Waals surface area contributed by atoms with E-state index in [1.807, 2.05) is 0 Å². The van der Waals surface area contributed by atoms with Crippen LogP contribution in [0, 0.1) is 5.92 Å². The van der Waals surface area contributed by atoms with Crippen molar-refractivity contribution in [2.24, 2.45) is 11.7 Å². The minimum atomic E-state index is -3.54. The summed E-state index contributed by atoms with van der Waals surface area (Å²) < 4.78 is 38.5. The fourth-order valence-electron chi connectivity index (χ4n) is 1.84. The van der Waals surface area contributed by atoms with Crippen LogP contribution in [0.2, 0.25) is 0 Å². The Bertz CT molecular complexity index is 344. The number of methoxy groups -OCH3 is 2. The molecule has 0 bridgehead atoms. The van der Waals surface area contributed by atoms with Gasteiger partial charge >= 0.3 is 0 Å². The molecule has 1 unspecified atom stereocenters. The van der Waals surface area contributed by atoms with E-state index in [0.29, 0.717) is 38.8 Å². The fourth-order valence-corrected chi connectivity index (χ4v) is 3.29. The van der Waals surface area contributed by atoms with Crippen LogP contribution in [-0.4, -0.2) is 65.8 Å². The zero-order chi connectivity index (χ0) is 14.3. The van der Waals surface area contributed by atoms with E-state index in [-0.39, 0.29) is 18.4 Å². The van der Waals surface area contributed by atoms with Crippen LogP contribution in [0.3, 0.4) is 0 Å². The number of hydrogen-bond donors (Lipinski definition) is 2. The lowest BCUT2D eigenvalue weighted by Gasteiger charge is -2.25. The van der Waals surface area contributed by atoms with Gasteiger partial charge in [-0.05, 0) is 18.8 Å². The van der Waals surface area contributed by atoms with Crippen LogP contribution < -0.4 is 10.5 Å². The first-order valence-corrected chi connectivity index (χ1v) is 7.94. The quantitative estimate of drug-likeness (QED) is 0.536. The van der Waals surface area contributed by atoms with E-state index in [9.17, 15) is 8.42 Å². The van der Waals surface area contributed by atoms with Gasteiger partial charge in [0.15, 0.2) is 0 Å². The summed E-state index contributed by atoms with van der Waals surface area (Å²) in [4.78, 5) is 0. The highest BCUT2D eigenvalue weighted by atomic mass is 35.5. The van der Waals surface area contributed by atoms with Crippen LogP contribution >= 0.6 is 12.4 Å². The smallest absolute Gasteiger partial charge is 0.279 e. The number of rotatable bonds is 11. The summed E-state index contributed by atoms with van der Waals surface area (Å²) in [5.74, 6) is 0.381. The van der Waals surface area contributed by atoms with Crippen LogP contribution in [0.25, 0.3) is 0 Å². The summed E-state index contributed by atoms with van der Waals surface area (Å²) in [6.07, 6.45) is 2.08. The van der Waals surface area contributed by atoms with Gasteiger partial charge in [0.25, 0.3) is 10.2 Å². The van der Waals surface area contributed by atoms with Gasteiger partial charge in [-0.2, -0.15) is 17.4 Å². The Balaban J connectivity index is 0.00000361. The standard InChI is InChI=1S/C11H25N3O4S.ClH/c1-17-7-5-14(6-8-18-2)19(15,16)13-11(9-12)10-3-4-10;/h10-11,13H,3-9,12H2,1-2H3;1H. The summed E-state index contributed by atoms with van der Waals surface area (Å²) in [6, 6.07) is -0.169. The molecule has 122 valence electrons. The third-order valence-corrected chi connectivity index (χ3v) is 4.82. The molecule has 0 saturated heterocycles. The second-order valence-electron chi connectivity index (χ2n) is 4.69. The van der Waals surface area contributed by atoms with Crippen LogP contribution in [0.15, 0.2) is 0 Å². The molecule has 0 spiro atoms. The van der Waals surface area contributed by atoms with Crippen molar-refractivity contribution in [3.63, 3.8) is 0 Å². The first-order chi connectivity index (χ1) is 9.05. The summed E-state index contributed by atoms with van der Waals surface area (Å²) in [5.41, 5.74) is 5.63. The minimum absolute atomic E-state index is 0. The van der Waals surface area contributed by atoms with Gasteiger partial charge in [0, 0.05) is 39.9 Å². The normalized spacial score (nSPS) is 17.0. The maximum absolute atomic E-state index is 12.3. The Hall–Kier alpha value is 0.0400. The predicted octanol–water partition coefficient (Wildman–Crippen LogP) is -0.425. The van der Waals surface area contributed by atoms with Crippen molar-refractivity contribution in [1.82, 2.24) is 9.03 Å². The van der Waals surface area contributed by atoms with E-state index in [0.717, 1.165) is 12.8 Å². The van der Waals surface area contributed by atoms with Gasteiger partial charge < -0.3 is 15.2 Å². The number of nitrogens with zero attached hydrogens (tertiary/aromatic N) is 1. The minimum Gasteiger partial charge on any atom is -0.383 e. The highest BCUT2D eigenvalue weighted by molar-refractivity contribution is 7.87. The Kier molecular flexibility index (Phi) is 9.90. The van der Waals surface area contributed by atoms with Gasteiger partial charge in [0.05, 0.1) is 13.2 Å². The maximum atomic E-state index is 12.3. The summed E-state index contributed by atoms with van der Waals surface area (Å²) >= 11 is 0. The Labute approximate surface area is 127 Å². The molecule has 1 aliphatic carbocycles. The van der Waals surface area contributed by atoms with Gasteiger partial charge in [-0.25, -0.2) is 0 Å². The summed E-state index contributed by atoms with van der Waals surface area (Å²) in [7, 11) is -0.454. The molecule has 20 heavy (non-hydrogen) atoms. The fraction of sp³-hybridized carbons (Fsp3) is 1.00. The summed E-state index contributed by atoms with van der Waals surface area (Å²) in [6.45, 7) is 1.63. The van der Waals surface area contributed by atoms with Crippen molar-refractivity contribution in [3.05, 3.63) is 0 Å². The van der Waals surface area contributed by atoms with Crippen molar-refractivity contribution >= 4 is 22.6 Å². The van der Waals surface area contributed by atoms with Crippen LogP contribution in [0.1, 0.15) is 12.8 Å². The Morgan fingerprint density at radius 3 is 2.10 bits per heavy atom. The van der Waals surface area contributed by atoms with E-state index in [1.165, 1.54) is 4.31 Å². The number of nitrogens with one attached hydrogen (secondary N) is 1. The van der Waals surface area contributed by atoms with Gasteiger partial charge in [-0.15, -0.1) is 12.4 Å². The van der Waals surface area contributed by atoms with Gasteiger partial charge in [0.1, 0.15) is 0 Å². The zero-order valence-corrected chi connectivity index (χ0v) is 13.7. The molecule has 7 nitrogen and oxygen atoms in total.